The second-order valence-corrected chi connectivity index (χ2v) is 6.64. The molecule has 1 saturated heterocycles. The van der Waals surface area contributed by atoms with Crippen molar-refractivity contribution < 1.29 is 14.3 Å². The minimum atomic E-state index is -0.166. The average molecular weight is 362 g/mol. The van der Waals surface area contributed by atoms with Crippen LogP contribution in [0.4, 0.5) is 9.93 Å². The molecule has 2 amide bonds. The number of aromatic nitrogens is 1. The Labute approximate surface area is 151 Å². The highest BCUT2D eigenvalue weighted by molar-refractivity contribution is 7.13. The van der Waals surface area contributed by atoms with Crippen LogP contribution in [0.3, 0.4) is 0 Å². The van der Waals surface area contributed by atoms with Crippen molar-refractivity contribution in [3.63, 3.8) is 0 Å². The van der Waals surface area contributed by atoms with Gasteiger partial charge in [0.05, 0.1) is 14.2 Å². The summed E-state index contributed by atoms with van der Waals surface area (Å²) in [6, 6.07) is 5.56. The number of methoxy groups -OCH3 is 2. The normalized spacial score (nSPS) is 16.6. The molecular weight excluding hydrogens is 340 g/mol. The highest BCUT2D eigenvalue weighted by atomic mass is 32.1. The summed E-state index contributed by atoms with van der Waals surface area (Å²) < 4.78 is 10.5. The molecule has 1 aliphatic heterocycles. The van der Waals surface area contributed by atoms with Crippen LogP contribution in [-0.2, 0) is 6.54 Å². The van der Waals surface area contributed by atoms with Gasteiger partial charge >= 0.3 is 6.03 Å². The van der Waals surface area contributed by atoms with E-state index in [4.69, 9.17) is 9.47 Å². The molecule has 8 heteroatoms. The van der Waals surface area contributed by atoms with Gasteiger partial charge in [0.25, 0.3) is 0 Å². The summed E-state index contributed by atoms with van der Waals surface area (Å²) in [5.74, 6) is 1.32. The first-order valence-electron chi connectivity index (χ1n) is 8.09. The van der Waals surface area contributed by atoms with Gasteiger partial charge in [0.1, 0.15) is 0 Å². The molecule has 0 spiro atoms. The van der Waals surface area contributed by atoms with E-state index < -0.39 is 0 Å². The van der Waals surface area contributed by atoms with Gasteiger partial charge in [-0.3, -0.25) is 0 Å². The number of nitrogens with zero attached hydrogens (tertiary/aromatic N) is 2. The molecule has 2 N–H and O–H groups in total. The van der Waals surface area contributed by atoms with E-state index in [0.29, 0.717) is 18.0 Å². The second-order valence-electron chi connectivity index (χ2n) is 5.76. The molecule has 0 saturated carbocycles. The summed E-state index contributed by atoms with van der Waals surface area (Å²) in [5.41, 5.74) is 0.948. The fourth-order valence-electron chi connectivity index (χ4n) is 2.83. The Morgan fingerprint density at radius 1 is 1.36 bits per heavy atom. The van der Waals surface area contributed by atoms with Gasteiger partial charge in [0.15, 0.2) is 16.6 Å². The van der Waals surface area contributed by atoms with Crippen LogP contribution in [0.5, 0.6) is 11.5 Å². The molecule has 1 aromatic heterocycles. The van der Waals surface area contributed by atoms with E-state index in [2.05, 4.69) is 20.5 Å². The number of nitrogens with one attached hydrogen (secondary N) is 2. The second kappa shape index (κ2) is 8.06. The molecule has 1 aromatic carbocycles. The summed E-state index contributed by atoms with van der Waals surface area (Å²) in [5, 5.41) is 8.88. The molecule has 134 valence electrons. The quantitative estimate of drug-likeness (QED) is 0.824. The summed E-state index contributed by atoms with van der Waals surface area (Å²) in [7, 11) is 3.19. The smallest absolute Gasteiger partial charge is 0.315 e. The predicted molar refractivity (Wildman–Crippen MR) is 97.6 cm³/mol. The van der Waals surface area contributed by atoms with Gasteiger partial charge in [-0.2, -0.15) is 0 Å². The zero-order chi connectivity index (χ0) is 17.6. The van der Waals surface area contributed by atoms with Crippen LogP contribution < -0.4 is 25.0 Å². The van der Waals surface area contributed by atoms with E-state index >= 15 is 0 Å². The third-order valence-electron chi connectivity index (χ3n) is 4.11. The number of thiazole rings is 1. The molecule has 1 fully saturated rings. The average Bonchev–Trinajstić information content (AvgIpc) is 3.31. The van der Waals surface area contributed by atoms with E-state index in [1.165, 1.54) is 0 Å². The number of ether oxygens (including phenoxy) is 2. The standard InChI is InChI=1S/C17H22N4O3S/c1-23-14-4-3-12(9-15(14)24-2)10-19-16(22)20-13-5-7-21(11-13)17-18-6-8-25-17/h3-4,6,8-9,13H,5,7,10-11H2,1-2H3,(H2,19,20,22). The lowest BCUT2D eigenvalue weighted by molar-refractivity contribution is 0.237. The first kappa shape index (κ1) is 17.3. The third kappa shape index (κ3) is 4.33. The predicted octanol–water partition coefficient (Wildman–Crippen LogP) is 2.24. The number of anilines is 1. The molecule has 0 aliphatic carbocycles. The molecule has 0 bridgehead atoms. The summed E-state index contributed by atoms with van der Waals surface area (Å²) >= 11 is 1.62. The molecule has 25 heavy (non-hydrogen) atoms. The van der Waals surface area contributed by atoms with Gasteiger partial charge in [0, 0.05) is 37.3 Å². The van der Waals surface area contributed by atoms with E-state index in [1.54, 1.807) is 31.8 Å². The number of hydrogen-bond donors (Lipinski definition) is 2. The topological polar surface area (TPSA) is 75.7 Å². The van der Waals surface area contributed by atoms with Crippen molar-refractivity contribution in [1.29, 1.82) is 0 Å². The molecule has 2 heterocycles. The Bertz CT molecular complexity index is 708. The first-order chi connectivity index (χ1) is 12.2. The highest BCUT2D eigenvalue weighted by Crippen LogP contribution is 2.27. The number of amides is 2. The number of carbonyl (C=O) groups excluding carboxylic acids is 1. The fourth-order valence-corrected chi connectivity index (χ4v) is 3.51. The third-order valence-corrected chi connectivity index (χ3v) is 4.95. The van der Waals surface area contributed by atoms with Crippen LogP contribution in [0.25, 0.3) is 0 Å². The minimum absolute atomic E-state index is 0.134. The first-order valence-corrected chi connectivity index (χ1v) is 8.97. The lowest BCUT2D eigenvalue weighted by Gasteiger charge is -2.16. The summed E-state index contributed by atoms with van der Waals surface area (Å²) in [6.45, 7) is 2.13. The molecule has 1 atom stereocenters. The highest BCUT2D eigenvalue weighted by Gasteiger charge is 2.25. The van der Waals surface area contributed by atoms with E-state index in [1.807, 2.05) is 23.6 Å². The monoisotopic (exact) mass is 362 g/mol. The van der Waals surface area contributed by atoms with Crippen LogP contribution in [0.2, 0.25) is 0 Å². The number of benzene rings is 1. The van der Waals surface area contributed by atoms with Gasteiger partial charge in [-0.15, -0.1) is 11.3 Å². The van der Waals surface area contributed by atoms with Crippen molar-refractivity contribution in [2.45, 2.75) is 19.0 Å². The fraction of sp³-hybridized carbons (Fsp3) is 0.412. The molecule has 3 rings (SSSR count). The Hall–Kier alpha value is -2.48. The van der Waals surface area contributed by atoms with Crippen LogP contribution in [-0.4, -0.2) is 44.4 Å². The number of hydrogen-bond acceptors (Lipinski definition) is 6. The van der Waals surface area contributed by atoms with Crippen LogP contribution in [0, 0.1) is 0 Å². The largest absolute Gasteiger partial charge is 0.493 e. The van der Waals surface area contributed by atoms with Crippen molar-refractivity contribution in [3.8, 4) is 11.5 Å². The molecule has 2 aromatic rings. The van der Waals surface area contributed by atoms with Crippen molar-refractivity contribution in [1.82, 2.24) is 15.6 Å². The van der Waals surface area contributed by atoms with Gasteiger partial charge in [0.2, 0.25) is 0 Å². The number of carbonyl (C=O) groups is 1. The van der Waals surface area contributed by atoms with Crippen molar-refractivity contribution in [2.75, 3.05) is 32.2 Å². The van der Waals surface area contributed by atoms with Gasteiger partial charge in [-0.05, 0) is 24.1 Å². The molecule has 7 nitrogen and oxygen atoms in total. The maximum absolute atomic E-state index is 12.1. The molecule has 1 unspecified atom stereocenters. The van der Waals surface area contributed by atoms with Gasteiger partial charge in [-0.1, -0.05) is 6.07 Å². The van der Waals surface area contributed by atoms with Crippen LogP contribution >= 0.6 is 11.3 Å². The Morgan fingerprint density at radius 3 is 2.92 bits per heavy atom. The van der Waals surface area contributed by atoms with E-state index in [0.717, 1.165) is 30.2 Å². The Morgan fingerprint density at radius 2 is 2.20 bits per heavy atom. The summed E-state index contributed by atoms with van der Waals surface area (Å²) in [4.78, 5) is 18.6. The van der Waals surface area contributed by atoms with Crippen LogP contribution in [0.15, 0.2) is 29.8 Å². The Kier molecular flexibility index (Phi) is 5.60. The maximum Gasteiger partial charge on any atom is 0.315 e. The zero-order valence-corrected chi connectivity index (χ0v) is 15.1. The molecule has 1 aliphatic rings. The van der Waals surface area contributed by atoms with Crippen molar-refractivity contribution in [2.24, 2.45) is 0 Å². The Balaban J connectivity index is 1.47. The minimum Gasteiger partial charge on any atom is -0.493 e. The molecule has 0 radical (unpaired) electrons. The van der Waals surface area contributed by atoms with Crippen molar-refractivity contribution in [3.05, 3.63) is 35.3 Å². The molecular formula is C17H22N4O3S. The summed E-state index contributed by atoms with van der Waals surface area (Å²) in [6.07, 6.45) is 2.72. The number of rotatable bonds is 6. The van der Waals surface area contributed by atoms with Gasteiger partial charge < -0.3 is 25.0 Å². The van der Waals surface area contributed by atoms with E-state index in [-0.39, 0.29) is 12.1 Å². The van der Waals surface area contributed by atoms with Crippen molar-refractivity contribution >= 4 is 22.5 Å². The SMILES string of the molecule is COc1ccc(CNC(=O)NC2CCN(c3nccs3)C2)cc1OC. The zero-order valence-electron chi connectivity index (χ0n) is 14.3. The maximum atomic E-state index is 12.1. The van der Waals surface area contributed by atoms with Crippen LogP contribution in [0.1, 0.15) is 12.0 Å². The lowest BCUT2D eigenvalue weighted by atomic mass is 10.2. The van der Waals surface area contributed by atoms with E-state index in [9.17, 15) is 4.79 Å². The lowest BCUT2D eigenvalue weighted by Crippen LogP contribution is -2.43. The van der Waals surface area contributed by atoms with Gasteiger partial charge in [-0.25, -0.2) is 9.78 Å². The number of urea groups is 1.